The Balaban J connectivity index is 1.67. The van der Waals surface area contributed by atoms with E-state index in [1.165, 1.54) is 11.3 Å². The predicted octanol–water partition coefficient (Wildman–Crippen LogP) is 3.50. The van der Waals surface area contributed by atoms with Crippen molar-refractivity contribution in [2.24, 2.45) is 11.8 Å². The molecule has 2 aliphatic rings. The number of carbonyl (C=O) groups is 2. The number of esters is 2. The molecule has 0 saturated heterocycles. The molecule has 4 nitrogen and oxygen atoms in total. The van der Waals surface area contributed by atoms with E-state index in [9.17, 15) is 9.59 Å². The van der Waals surface area contributed by atoms with Crippen molar-refractivity contribution < 1.29 is 19.1 Å². The molecule has 0 N–H and O–H groups in total. The minimum absolute atomic E-state index is 0.311. The molecule has 21 heavy (non-hydrogen) atoms. The second kappa shape index (κ2) is 5.79. The van der Waals surface area contributed by atoms with E-state index in [1.54, 1.807) is 0 Å². The van der Waals surface area contributed by atoms with E-state index in [1.807, 2.05) is 13.8 Å². The largest absolute Gasteiger partial charge is 0.461 e. The summed E-state index contributed by atoms with van der Waals surface area (Å²) in [5.41, 5.74) is 1.67. The van der Waals surface area contributed by atoms with Crippen molar-refractivity contribution in [1.29, 1.82) is 0 Å². The highest BCUT2D eigenvalue weighted by Gasteiger charge is 2.28. The number of hydrogen-bond donors (Lipinski definition) is 0. The van der Waals surface area contributed by atoms with Gasteiger partial charge in [0.15, 0.2) is 0 Å². The van der Waals surface area contributed by atoms with Gasteiger partial charge in [-0.05, 0) is 62.5 Å². The van der Waals surface area contributed by atoms with E-state index in [0.29, 0.717) is 34.8 Å². The highest BCUT2D eigenvalue weighted by Crippen LogP contribution is 2.33. The second-order valence-electron chi connectivity index (χ2n) is 6.09. The third kappa shape index (κ3) is 3.46. The van der Waals surface area contributed by atoms with Gasteiger partial charge in [0.05, 0.1) is 13.2 Å². The van der Waals surface area contributed by atoms with Crippen LogP contribution in [0.3, 0.4) is 0 Å². The summed E-state index contributed by atoms with van der Waals surface area (Å²) in [6.45, 7) is 4.71. The minimum Gasteiger partial charge on any atom is -0.461 e. The first-order valence-corrected chi connectivity index (χ1v) is 8.32. The van der Waals surface area contributed by atoms with E-state index in [2.05, 4.69) is 0 Å². The Morgan fingerprint density at radius 2 is 1.29 bits per heavy atom. The summed E-state index contributed by atoms with van der Waals surface area (Å²) in [5.74, 6) is 0.457. The average Bonchev–Trinajstić information content (AvgIpc) is 3.36. The molecule has 0 radical (unpaired) electrons. The molecular weight excluding hydrogens is 288 g/mol. The van der Waals surface area contributed by atoms with Crippen LogP contribution in [0.25, 0.3) is 0 Å². The van der Waals surface area contributed by atoms with E-state index < -0.39 is 0 Å². The Kier molecular flexibility index (Phi) is 4.02. The molecule has 2 aliphatic carbocycles. The maximum Gasteiger partial charge on any atom is 0.348 e. The molecule has 2 saturated carbocycles. The van der Waals surface area contributed by atoms with Gasteiger partial charge in [0.25, 0.3) is 0 Å². The third-order valence-electron chi connectivity index (χ3n) is 4.11. The van der Waals surface area contributed by atoms with Crippen LogP contribution >= 0.6 is 11.3 Å². The van der Waals surface area contributed by atoms with E-state index >= 15 is 0 Å². The van der Waals surface area contributed by atoms with Crippen molar-refractivity contribution in [3.05, 3.63) is 20.9 Å². The number of carbonyl (C=O) groups excluding carboxylic acids is 2. The normalized spacial score (nSPS) is 17.6. The van der Waals surface area contributed by atoms with Crippen LogP contribution in [0.5, 0.6) is 0 Å². The lowest BCUT2D eigenvalue weighted by Crippen LogP contribution is -2.07. The molecule has 0 atom stereocenters. The first-order valence-electron chi connectivity index (χ1n) is 7.50. The van der Waals surface area contributed by atoms with Crippen LogP contribution in [0.2, 0.25) is 0 Å². The Morgan fingerprint density at radius 3 is 1.62 bits per heavy atom. The standard InChI is InChI=1S/C16H20O4S/c1-9-10(2)14(16(18)20-8-12-5-6-12)21-13(9)15(17)19-7-11-3-4-11/h11-12H,3-8H2,1-2H3. The van der Waals surface area contributed by atoms with Gasteiger partial charge in [-0.2, -0.15) is 0 Å². The van der Waals surface area contributed by atoms with Gasteiger partial charge in [-0.3, -0.25) is 0 Å². The summed E-state index contributed by atoms with van der Waals surface area (Å²) >= 11 is 1.20. The molecule has 1 heterocycles. The molecular formula is C16H20O4S. The van der Waals surface area contributed by atoms with Crippen LogP contribution in [0.1, 0.15) is 56.2 Å². The summed E-state index contributed by atoms with van der Waals surface area (Å²) in [6.07, 6.45) is 4.59. The van der Waals surface area contributed by atoms with E-state index in [-0.39, 0.29) is 11.9 Å². The third-order valence-corrected chi connectivity index (χ3v) is 5.47. The molecule has 114 valence electrons. The van der Waals surface area contributed by atoms with Gasteiger partial charge in [-0.1, -0.05) is 0 Å². The maximum atomic E-state index is 12.1. The van der Waals surface area contributed by atoms with Gasteiger partial charge in [0.2, 0.25) is 0 Å². The maximum absolute atomic E-state index is 12.1. The van der Waals surface area contributed by atoms with Crippen LogP contribution in [-0.4, -0.2) is 25.2 Å². The second-order valence-corrected chi connectivity index (χ2v) is 7.11. The van der Waals surface area contributed by atoms with Crippen molar-refractivity contribution in [3.63, 3.8) is 0 Å². The first kappa shape index (κ1) is 14.6. The van der Waals surface area contributed by atoms with Crippen molar-refractivity contribution in [2.45, 2.75) is 39.5 Å². The fourth-order valence-corrected chi connectivity index (χ4v) is 3.17. The lowest BCUT2D eigenvalue weighted by molar-refractivity contribution is 0.0483. The molecule has 3 rings (SSSR count). The zero-order valence-corrected chi connectivity index (χ0v) is 13.3. The Labute approximate surface area is 128 Å². The van der Waals surface area contributed by atoms with E-state index in [4.69, 9.17) is 9.47 Å². The molecule has 0 unspecified atom stereocenters. The Morgan fingerprint density at radius 1 is 0.905 bits per heavy atom. The molecule has 5 heteroatoms. The molecule has 1 aromatic rings. The highest BCUT2D eigenvalue weighted by atomic mass is 32.1. The quantitative estimate of drug-likeness (QED) is 0.755. The summed E-state index contributed by atoms with van der Waals surface area (Å²) in [4.78, 5) is 25.3. The van der Waals surface area contributed by atoms with Gasteiger partial charge in [-0.25, -0.2) is 9.59 Å². The summed E-state index contributed by atoms with van der Waals surface area (Å²) < 4.78 is 10.6. The predicted molar refractivity (Wildman–Crippen MR) is 79.8 cm³/mol. The number of thiophene rings is 1. The Hall–Kier alpha value is -1.36. The fourth-order valence-electron chi connectivity index (χ4n) is 2.07. The van der Waals surface area contributed by atoms with Gasteiger partial charge < -0.3 is 9.47 Å². The summed E-state index contributed by atoms with van der Waals surface area (Å²) in [5, 5.41) is 0. The summed E-state index contributed by atoms with van der Waals surface area (Å²) in [7, 11) is 0. The van der Waals surface area contributed by atoms with Crippen molar-refractivity contribution in [3.8, 4) is 0 Å². The van der Waals surface area contributed by atoms with Gasteiger partial charge in [-0.15, -0.1) is 11.3 Å². The number of hydrogen-bond acceptors (Lipinski definition) is 5. The van der Waals surface area contributed by atoms with Crippen LogP contribution in [0, 0.1) is 25.7 Å². The van der Waals surface area contributed by atoms with Crippen LogP contribution < -0.4 is 0 Å². The lowest BCUT2D eigenvalue weighted by atomic mass is 10.1. The first-order chi connectivity index (χ1) is 10.1. The van der Waals surface area contributed by atoms with Crippen LogP contribution in [-0.2, 0) is 9.47 Å². The topological polar surface area (TPSA) is 52.6 Å². The molecule has 0 amide bonds. The van der Waals surface area contributed by atoms with Gasteiger partial charge in [0.1, 0.15) is 9.75 Å². The van der Waals surface area contributed by atoms with Crippen LogP contribution in [0.4, 0.5) is 0 Å². The zero-order valence-electron chi connectivity index (χ0n) is 12.4. The van der Waals surface area contributed by atoms with Crippen molar-refractivity contribution in [2.75, 3.05) is 13.2 Å². The SMILES string of the molecule is Cc1c(C(=O)OCC2CC2)sc(C(=O)OCC2CC2)c1C. The lowest BCUT2D eigenvalue weighted by Gasteiger charge is -2.02. The Bertz CT molecular complexity index is 519. The van der Waals surface area contributed by atoms with Crippen molar-refractivity contribution >= 4 is 23.3 Å². The number of rotatable bonds is 6. The average molecular weight is 308 g/mol. The molecule has 2 fully saturated rings. The highest BCUT2D eigenvalue weighted by molar-refractivity contribution is 7.16. The van der Waals surface area contributed by atoms with Crippen LogP contribution in [0.15, 0.2) is 0 Å². The zero-order chi connectivity index (χ0) is 15.0. The smallest absolute Gasteiger partial charge is 0.348 e. The van der Waals surface area contributed by atoms with Crippen molar-refractivity contribution in [1.82, 2.24) is 0 Å². The molecule has 0 bridgehead atoms. The van der Waals surface area contributed by atoms with E-state index in [0.717, 1.165) is 36.8 Å². The number of ether oxygens (including phenoxy) is 2. The van der Waals surface area contributed by atoms with Gasteiger partial charge >= 0.3 is 11.9 Å². The molecule has 0 spiro atoms. The molecule has 1 aromatic heterocycles. The van der Waals surface area contributed by atoms with Gasteiger partial charge in [0, 0.05) is 0 Å². The summed E-state index contributed by atoms with van der Waals surface area (Å²) in [6, 6.07) is 0. The molecule has 0 aromatic carbocycles. The fraction of sp³-hybridized carbons (Fsp3) is 0.625. The molecule has 0 aliphatic heterocycles. The monoisotopic (exact) mass is 308 g/mol. The minimum atomic E-state index is -0.311.